The molecule has 0 spiro atoms. The molecule has 0 bridgehead atoms. The number of hydrogen-bond acceptors (Lipinski definition) is 7. The number of pyridine rings is 1. The summed E-state index contributed by atoms with van der Waals surface area (Å²) in [7, 11) is -3.35. The van der Waals surface area contributed by atoms with Crippen LogP contribution < -0.4 is 5.32 Å². The molecule has 4 rings (SSSR count). The third-order valence-electron chi connectivity index (χ3n) is 5.28. The summed E-state index contributed by atoms with van der Waals surface area (Å²) in [4.78, 5) is 21.4. The van der Waals surface area contributed by atoms with Gasteiger partial charge < -0.3 is 9.84 Å². The van der Waals surface area contributed by atoms with Crippen LogP contribution in [0.1, 0.15) is 30.9 Å². The summed E-state index contributed by atoms with van der Waals surface area (Å²) in [5.41, 5.74) is 3.00. The van der Waals surface area contributed by atoms with E-state index in [0.29, 0.717) is 23.8 Å². The first-order valence-electron chi connectivity index (χ1n) is 10.8. The van der Waals surface area contributed by atoms with Gasteiger partial charge in [0.05, 0.1) is 23.0 Å². The number of aromatic nitrogens is 3. The number of anilines is 1. The Morgan fingerprint density at radius 1 is 1.00 bits per heavy atom. The van der Waals surface area contributed by atoms with Crippen LogP contribution in [0.3, 0.4) is 0 Å². The number of amides is 1. The lowest BCUT2D eigenvalue weighted by Gasteiger charge is -2.11. The van der Waals surface area contributed by atoms with Crippen molar-refractivity contribution in [1.29, 1.82) is 0 Å². The van der Waals surface area contributed by atoms with E-state index in [-0.39, 0.29) is 17.2 Å². The number of benzene rings is 2. The highest BCUT2D eigenvalue weighted by Crippen LogP contribution is 2.22. The zero-order valence-electron chi connectivity index (χ0n) is 18.8. The molecule has 0 unspecified atom stereocenters. The van der Waals surface area contributed by atoms with Crippen molar-refractivity contribution in [1.82, 2.24) is 15.1 Å². The van der Waals surface area contributed by atoms with Crippen molar-refractivity contribution in [2.45, 2.75) is 36.8 Å². The molecule has 0 aliphatic rings. The van der Waals surface area contributed by atoms with Crippen LogP contribution in [-0.2, 0) is 27.5 Å². The van der Waals surface area contributed by atoms with Crippen molar-refractivity contribution in [3.63, 3.8) is 0 Å². The lowest BCUT2D eigenvalue weighted by molar-refractivity contribution is -0.115. The van der Waals surface area contributed by atoms with Gasteiger partial charge in [0, 0.05) is 23.6 Å². The van der Waals surface area contributed by atoms with Crippen molar-refractivity contribution in [3.05, 3.63) is 90.1 Å². The predicted octanol–water partition coefficient (Wildman–Crippen LogP) is 4.09. The summed E-state index contributed by atoms with van der Waals surface area (Å²) >= 11 is 0. The van der Waals surface area contributed by atoms with E-state index in [4.69, 9.17) is 4.52 Å². The van der Waals surface area contributed by atoms with Gasteiger partial charge in [-0.1, -0.05) is 35.5 Å². The minimum Gasteiger partial charge on any atom is -0.339 e. The molecule has 4 aromatic rings. The fraction of sp³-hybridized carbons (Fsp3) is 0.200. The molecule has 9 heteroatoms. The topological polar surface area (TPSA) is 115 Å². The van der Waals surface area contributed by atoms with Crippen LogP contribution >= 0.6 is 0 Å². The highest BCUT2D eigenvalue weighted by atomic mass is 32.2. The molecule has 0 atom stereocenters. The first-order valence-corrected chi connectivity index (χ1v) is 12.3. The maximum Gasteiger partial charge on any atom is 0.231 e. The molecule has 0 aliphatic carbocycles. The third-order valence-corrected chi connectivity index (χ3v) is 7.45. The Kier molecular flexibility index (Phi) is 6.83. The second-order valence-electron chi connectivity index (χ2n) is 8.04. The minimum absolute atomic E-state index is 0.114. The van der Waals surface area contributed by atoms with E-state index < -0.39 is 15.1 Å². The van der Waals surface area contributed by atoms with E-state index in [1.54, 1.807) is 62.6 Å². The zero-order valence-corrected chi connectivity index (χ0v) is 19.6. The lowest BCUT2D eigenvalue weighted by atomic mass is 10.1. The lowest BCUT2D eigenvalue weighted by Crippen LogP contribution is -2.16. The average Bonchev–Trinajstić information content (AvgIpc) is 3.30. The van der Waals surface area contributed by atoms with Gasteiger partial charge in [0.2, 0.25) is 17.6 Å². The number of carbonyl (C=O) groups is 1. The van der Waals surface area contributed by atoms with Crippen molar-refractivity contribution in [2.24, 2.45) is 0 Å². The monoisotopic (exact) mass is 476 g/mol. The SMILES string of the molecule is CC(C)S(=O)(=O)c1ccc(CC(=O)Nc2ccccc2Cc2nc(-c3ccncc3)no2)cc1. The van der Waals surface area contributed by atoms with Crippen molar-refractivity contribution < 1.29 is 17.7 Å². The Hall–Kier alpha value is -3.85. The van der Waals surface area contributed by atoms with E-state index in [1.165, 1.54) is 0 Å². The molecule has 2 heterocycles. The largest absolute Gasteiger partial charge is 0.339 e. The number of sulfone groups is 1. The van der Waals surface area contributed by atoms with E-state index in [0.717, 1.165) is 16.7 Å². The summed E-state index contributed by atoms with van der Waals surface area (Å²) in [6.07, 6.45) is 3.79. The smallest absolute Gasteiger partial charge is 0.231 e. The number of rotatable bonds is 8. The maximum absolute atomic E-state index is 12.7. The van der Waals surface area contributed by atoms with Crippen LogP contribution in [0.5, 0.6) is 0 Å². The van der Waals surface area contributed by atoms with Gasteiger partial charge in [-0.05, 0) is 55.3 Å². The van der Waals surface area contributed by atoms with Gasteiger partial charge in [0.1, 0.15) is 0 Å². The summed E-state index contributed by atoms with van der Waals surface area (Å²) < 4.78 is 29.9. The van der Waals surface area contributed by atoms with Gasteiger partial charge in [0.25, 0.3) is 0 Å². The molecule has 0 fully saturated rings. The first kappa shape index (κ1) is 23.3. The molecule has 0 saturated heterocycles. The molecule has 8 nitrogen and oxygen atoms in total. The molecule has 174 valence electrons. The Morgan fingerprint density at radius 2 is 1.71 bits per heavy atom. The van der Waals surface area contributed by atoms with Crippen molar-refractivity contribution in [3.8, 4) is 11.4 Å². The number of nitrogens with one attached hydrogen (secondary N) is 1. The Bertz CT molecular complexity index is 1380. The van der Waals surface area contributed by atoms with Crippen LogP contribution in [0, 0.1) is 0 Å². The molecule has 1 amide bonds. The van der Waals surface area contributed by atoms with Gasteiger partial charge >= 0.3 is 0 Å². The molecule has 0 saturated carbocycles. The molecule has 2 aromatic carbocycles. The summed E-state index contributed by atoms with van der Waals surface area (Å²) in [5.74, 6) is 0.687. The number of nitrogens with zero attached hydrogens (tertiary/aromatic N) is 3. The van der Waals surface area contributed by atoms with E-state index in [9.17, 15) is 13.2 Å². The van der Waals surface area contributed by atoms with Gasteiger partial charge in [0.15, 0.2) is 9.84 Å². The average molecular weight is 477 g/mol. The summed E-state index contributed by atoms with van der Waals surface area (Å²) in [6, 6.07) is 17.4. The Labute approximate surface area is 198 Å². The summed E-state index contributed by atoms with van der Waals surface area (Å²) in [5, 5.41) is 6.44. The molecular weight excluding hydrogens is 452 g/mol. The predicted molar refractivity (Wildman–Crippen MR) is 128 cm³/mol. The minimum atomic E-state index is -3.35. The van der Waals surface area contributed by atoms with Crippen LogP contribution in [0.2, 0.25) is 0 Å². The highest BCUT2D eigenvalue weighted by molar-refractivity contribution is 7.92. The molecule has 34 heavy (non-hydrogen) atoms. The molecule has 0 radical (unpaired) electrons. The maximum atomic E-state index is 12.7. The Balaban J connectivity index is 1.43. The van der Waals surface area contributed by atoms with E-state index in [2.05, 4.69) is 20.4 Å². The number of hydrogen-bond donors (Lipinski definition) is 1. The molecule has 1 N–H and O–H groups in total. The molecule has 2 aromatic heterocycles. The van der Waals surface area contributed by atoms with Crippen LogP contribution in [0.15, 0.2) is 82.5 Å². The number of carbonyl (C=O) groups excluding carboxylic acids is 1. The highest BCUT2D eigenvalue weighted by Gasteiger charge is 2.19. The van der Waals surface area contributed by atoms with E-state index in [1.807, 2.05) is 24.3 Å². The van der Waals surface area contributed by atoms with Crippen molar-refractivity contribution in [2.75, 3.05) is 5.32 Å². The standard InChI is InChI=1S/C25H24N4O4S/c1-17(2)34(31,32)21-9-7-18(8-10-21)15-23(30)27-22-6-4-3-5-20(22)16-24-28-25(29-33-24)19-11-13-26-14-12-19/h3-14,17H,15-16H2,1-2H3,(H,27,30). The zero-order chi connectivity index (χ0) is 24.1. The quantitative estimate of drug-likeness (QED) is 0.407. The second-order valence-corrected chi connectivity index (χ2v) is 10.5. The second kappa shape index (κ2) is 9.96. The van der Waals surface area contributed by atoms with Gasteiger partial charge in [-0.2, -0.15) is 4.98 Å². The van der Waals surface area contributed by atoms with Gasteiger partial charge in [-0.15, -0.1) is 0 Å². The summed E-state index contributed by atoms with van der Waals surface area (Å²) in [6.45, 7) is 3.28. The van der Waals surface area contributed by atoms with Crippen LogP contribution in [0.4, 0.5) is 5.69 Å². The fourth-order valence-electron chi connectivity index (χ4n) is 3.35. The Morgan fingerprint density at radius 3 is 2.41 bits per heavy atom. The number of para-hydroxylation sites is 1. The first-order chi connectivity index (χ1) is 16.3. The van der Waals surface area contributed by atoms with Crippen LogP contribution in [0.25, 0.3) is 11.4 Å². The third kappa shape index (κ3) is 5.37. The van der Waals surface area contributed by atoms with Gasteiger partial charge in [-0.25, -0.2) is 8.42 Å². The van der Waals surface area contributed by atoms with E-state index >= 15 is 0 Å². The van der Waals surface area contributed by atoms with Gasteiger partial charge in [-0.3, -0.25) is 9.78 Å². The molecule has 0 aliphatic heterocycles. The normalized spacial score (nSPS) is 11.5. The molecular formula is C25H24N4O4S. The fourth-order valence-corrected chi connectivity index (χ4v) is 4.41. The van der Waals surface area contributed by atoms with Crippen molar-refractivity contribution >= 4 is 21.4 Å². The van der Waals surface area contributed by atoms with Crippen LogP contribution in [-0.4, -0.2) is 34.7 Å².